The van der Waals surface area contributed by atoms with Gasteiger partial charge in [-0.15, -0.1) is 0 Å². The normalized spacial score (nSPS) is 57.0. The predicted octanol–water partition coefficient (Wildman–Crippen LogP) is 7.75. The molecule has 5 aliphatic carbocycles. The highest BCUT2D eigenvalue weighted by atomic mass is 14.8. The molecule has 0 aromatic carbocycles. The quantitative estimate of drug-likeness (QED) is 0.439. The fourth-order valence-corrected chi connectivity index (χ4v) is 11.3. The zero-order valence-corrected chi connectivity index (χ0v) is 20.9. The number of nitrogens with two attached hydrogens (primary N) is 1. The third-order valence-corrected chi connectivity index (χ3v) is 12.9. The van der Waals surface area contributed by atoms with Crippen LogP contribution in [0.1, 0.15) is 112 Å². The fourth-order valence-electron chi connectivity index (χ4n) is 11.3. The molecule has 0 aromatic rings. The second-order valence-electron chi connectivity index (χ2n) is 14.3. The smallest absolute Gasteiger partial charge is 0.0191 e. The Balaban J connectivity index is 1.55. The van der Waals surface area contributed by atoms with Gasteiger partial charge >= 0.3 is 0 Å². The van der Waals surface area contributed by atoms with Crippen molar-refractivity contribution in [3.05, 3.63) is 12.2 Å². The van der Waals surface area contributed by atoms with E-state index in [1.54, 1.807) is 0 Å². The molecule has 0 unspecified atom stereocenters. The lowest BCUT2D eigenvalue weighted by Gasteiger charge is -2.72. The molecule has 5 saturated carbocycles. The molecule has 5 fully saturated rings. The Labute approximate surface area is 187 Å². The minimum absolute atomic E-state index is 0.0882. The SMILES string of the molecule is C=C(C)[C@@H]1CC[C@]2(N)CC[C@]3(C)[C@H](CC[C@@H]4[C@]5(C)CCCC(C)(C)[C@H]5CC[C@]43C)[C@@H]12. The number of fused-ring (bicyclic) bond motifs is 7. The highest BCUT2D eigenvalue weighted by molar-refractivity contribution is 5.22. The van der Waals surface area contributed by atoms with E-state index in [1.165, 1.54) is 76.2 Å². The first-order valence-electron chi connectivity index (χ1n) is 13.3. The van der Waals surface area contributed by atoms with Crippen LogP contribution in [-0.4, -0.2) is 5.54 Å². The van der Waals surface area contributed by atoms with Gasteiger partial charge in [-0.25, -0.2) is 0 Å². The van der Waals surface area contributed by atoms with E-state index >= 15 is 0 Å². The number of hydrogen-bond donors (Lipinski definition) is 1. The first-order valence-corrected chi connectivity index (χ1v) is 13.3. The molecule has 0 amide bonds. The Morgan fingerprint density at radius 1 is 0.767 bits per heavy atom. The summed E-state index contributed by atoms with van der Waals surface area (Å²) in [7, 11) is 0. The number of rotatable bonds is 1. The van der Waals surface area contributed by atoms with E-state index in [0.717, 1.165) is 17.8 Å². The first kappa shape index (κ1) is 21.5. The lowest BCUT2D eigenvalue weighted by Crippen LogP contribution is -2.67. The van der Waals surface area contributed by atoms with E-state index < -0.39 is 0 Å². The molecule has 0 radical (unpaired) electrons. The summed E-state index contributed by atoms with van der Waals surface area (Å²) >= 11 is 0. The molecule has 1 heteroatoms. The van der Waals surface area contributed by atoms with Crippen molar-refractivity contribution in [3.8, 4) is 0 Å². The van der Waals surface area contributed by atoms with E-state index in [-0.39, 0.29) is 5.54 Å². The second kappa shape index (κ2) is 6.39. The summed E-state index contributed by atoms with van der Waals surface area (Å²) in [6.45, 7) is 20.1. The molecule has 5 aliphatic rings. The zero-order valence-electron chi connectivity index (χ0n) is 20.9. The molecule has 2 N–H and O–H groups in total. The molecular formula is C29H49N. The molecule has 0 bridgehead atoms. The third kappa shape index (κ3) is 2.51. The molecule has 0 aromatic heterocycles. The molecule has 9 atom stereocenters. The van der Waals surface area contributed by atoms with E-state index in [2.05, 4.69) is 48.1 Å². The second-order valence-corrected chi connectivity index (χ2v) is 14.3. The number of allylic oxidation sites excluding steroid dienone is 1. The summed E-state index contributed by atoms with van der Waals surface area (Å²) in [4.78, 5) is 0. The van der Waals surface area contributed by atoms with Gasteiger partial charge in [0.1, 0.15) is 0 Å². The summed E-state index contributed by atoms with van der Waals surface area (Å²) in [5.74, 6) is 3.97. The topological polar surface area (TPSA) is 26.0 Å². The zero-order chi connectivity index (χ0) is 21.7. The molecular weight excluding hydrogens is 362 g/mol. The fraction of sp³-hybridized carbons (Fsp3) is 0.931. The summed E-state index contributed by atoms with van der Waals surface area (Å²) in [6, 6.07) is 0. The highest BCUT2D eigenvalue weighted by Gasteiger charge is 2.69. The minimum Gasteiger partial charge on any atom is -0.325 e. The maximum atomic E-state index is 7.20. The van der Waals surface area contributed by atoms with Crippen molar-refractivity contribution in [1.29, 1.82) is 0 Å². The lowest BCUT2D eigenvalue weighted by molar-refractivity contribution is -0.229. The summed E-state index contributed by atoms with van der Waals surface area (Å²) in [6.07, 6.45) is 15.3. The van der Waals surface area contributed by atoms with Crippen LogP contribution in [0.5, 0.6) is 0 Å². The van der Waals surface area contributed by atoms with Crippen LogP contribution < -0.4 is 5.73 Å². The van der Waals surface area contributed by atoms with Gasteiger partial charge in [-0.3, -0.25) is 0 Å². The van der Waals surface area contributed by atoms with Crippen molar-refractivity contribution in [3.63, 3.8) is 0 Å². The van der Waals surface area contributed by atoms with Crippen LogP contribution in [0.3, 0.4) is 0 Å². The summed E-state index contributed by atoms with van der Waals surface area (Å²) in [5.41, 5.74) is 10.7. The molecule has 0 saturated heterocycles. The van der Waals surface area contributed by atoms with E-state index in [9.17, 15) is 0 Å². The average Bonchev–Trinajstić information content (AvgIpc) is 2.99. The van der Waals surface area contributed by atoms with Crippen molar-refractivity contribution in [2.45, 2.75) is 118 Å². The van der Waals surface area contributed by atoms with E-state index in [4.69, 9.17) is 5.73 Å². The van der Waals surface area contributed by atoms with Gasteiger partial charge in [0, 0.05) is 5.54 Å². The Kier molecular flexibility index (Phi) is 4.59. The molecule has 30 heavy (non-hydrogen) atoms. The van der Waals surface area contributed by atoms with Crippen LogP contribution in [0.15, 0.2) is 12.2 Å². The van der Waals surface area contributed by atoms with Crippen molar-refractivity contribution < 1.29 is 0 Å². The van der Waals surface area contributed by atoms with Crippen molar-refractivity contribution in [2.24, 2.45) is 57.0 Å². The molecule has 0 aliphatic heterocycles. The van der Waals surface area contributed by atoms with Crippen molar-refractivity contribution >= 4 is 0 Å². The third-order valence-electron chi connectivity index (χ3n) is 12.9. The molecule has 0 heterocycles. The summed E-state index contributed by atoms with van der Waals surface area (Å²) < 4.78 is 0. The first-order chi connectivity index (χ1) is 13.9. The average molecular weight is 412 g/mol. The van der Waals surface area contributed by atoms with Crippen molar-refractivity contribution in [2.75, 3.05) is 0 Å². The Morgan fingerprint density at radius 3 is 2.20 bits per heavy atom. The van der Waals surface area contributed by atoms with Crippen LogP contribution in [0, 0.1) is 51.2 Å². The van der Waals surface area contributed by atoms with Crippen LogP contribution >= 0.6 is 0 Å². The van der Waals surface area contributed by atoms with Crippen LogP contribution in [0.25, 0.3) is 0 Å². The largest absolute Gasteiger partial charge is 0.325 e. The van der Waals surface area contributed by atoms with Gasteiger partial charge in [-0.1, -0.05) is 53.2 Å². The van der Waals surface area contributed by atoms with E-state index in [0.29, 0.717) is 33.5 Å². The van der Waals surface area contributed by atoms with Gasteiger partial charge in [0.15, 0.2) is 0 Å². The van der Waals surface area contributed by atoms with E-state index in [1.807, 2.05) is 0 Å². The maximum Gasteiger partial charge on any atom is 0.0191 e. The molecule has 0 spiro atoms. The molecule has 170 valence electrons. The van der Waals surface area contributed by atoms with Gasteiger partial charge in [0.25, 0.3) is 0 Å². The monoisotopic (exact) mass is 411 g/mol. The highest BCUT2D eigenvalue weighted by Crippen LogP contribution is 2.76. The maximum absolute atomic E-state index is 7.20. The minimum atomic E-state index is 0.0882. The number of hydrogen-bond acceptors (Lipinski definition) is 1. The Morgan fingerprint density at radius 2 is 1.50 bits per heavy atom. The van der Waals surface area contributed by atoms with Gasteiger partial charge in [0.05, 0.1) is 0 Å². The van der Waals surface area contributed by atoms with Crippen LogP contribution in [-0.2, 0) is 0 Å². The summed E-state index contributed by atoms with van der Waals surface area (Å²) in [5, 5.41) is 0. The van der Waals surface area contributed by atoms with Gasteiger partial charge in [-0.05, 0) is 122 Å². The predicted molar refractivity (Wildman–Crippen MR) is 128 cm³/mol. The van der Waals surface area contributed by atoms with Crippen molar-refractivity contribution in [1.82, 2.24) is 0 Å². The molecule has 1 nitrogen and oxygen atoms in total. The Bertz CT molecular complexity index is 737. The standard InChI is InChI=1S/C29H49N/c1-19(2)20-11-16-29(30)18-17-27(6)21(24(20)29)9-10-23-26(5)14-8-13-25(3,4)22(26)12-15-28(23,27)7/h20-24H,1,8-18,30H2,2-7H3/t20-,21+,22+,23+,24+,26+,27+,28+,29-/m0/s1. The van der Waals surface area contributed by atoms with Gasteiger partial charge in [-0.2, -0.15) is 0 Å². The molecule has 5 rings (SSSR count). The van der Waals surface area contributed by atoms with Crippen LogP contribution in [0.2, 0.25) is 0 Å². The van der Waals surface area contributed by atoms with Crippen LogP contribution in [0.4, 0.5) is 0 Å². The van der Waals surface area contributed by atoms with Gasteiger partial charge in [0.2, 0.25) is 0 Å². The lowest BCUT2D eigenvalue weighted by atomic mass is 9.33. The Hall–Kier alpha value is -0.300. The van der Waals surface area contributed by atoms with Gasteiger partial charge < -0.3 is 5.73 Å².